The van der Waals surface area contributed by atoms with E-state index < -0.39 is 0 Å². The van der Waals surface area contributed by atoms with Crippen LogP contribution in [-0.4, -0.2) is 31.2 Å². The molecule has 2 unspecified atom stereocenters. The van der Waals surface area contributed by atoms with Crippen molar-refractivity contribution in [1.82, 2.24) is 10.3 Å². The van der Waals surface area contributed by atoms with Crippen LogP contribution in [0.2, 0.25) is 10.2 Å². The molecule has 7 heteroatoms. The van der Waals surface area contributed by atoms with E-state index in [-0.39, 0.29) is 0 Å². The number of hydrogen-bond acceptors (Lipinski definition) is 5. The van der Waals surface area contributed by atoms with E-state index in [2.05, 4.69) is 39.7 Å². The Morgan fingerprint density at radius 1 is 1.35 bits per heavy atom. The summed E-state index contributed by atoms with van der Waals surface area (Å²) in [4.78, 5) is 6.35. The molecular weight excluding hydrogens is 369 g/mol. The number of fused-ring (bicyclic) bond motifs is 3. The molecule has 134 valence electrons. The molecular formula is C19H19Cl2N5. The zero-order valence-corrected chi connectivity index (χ0v) is 15.9. The number of nitriles is 1. The molecule has 2 atom stereocenters. The van der Waals surface area contributed by atoms with Gasteiger partial charge in [0.2, 0.25) is 0 Å². The normalized spacial score (nSPS) is 21.5. The van der Waals surface area contributed by atoms with Crippen LogP contribution in [0.5, 0.6) is 0 Å². The number of nitrogens with one attached hydrogen (secondary N) is 2. The van der Waals surface area contributed by atoms with Crippen molar-refractivity contribution in [3.05, 3.63) is 45.7 Å². The highest BCUT2D eigenvalue weighted by atomic mass is 35.5. The molecule has 2 aromatic rings. The lowest BCUT2D eigenvalue weighted by molar-refractivity contribution is 0.533. The second-order valence-electron chi connectivity index (χ2n) is 6.82. The molecule has 1 saturated heterocycles. The van der Waals surface area contributed by atoms with Gasteiger partial charge in [-0.3, -0.25) is 0 Å². The zero-order valence-electron chi connectivity index (χ0n) is 14.4. The minimum absolute atomic E-state index is 0.347. The fourth-order valence-corrected chi connectivity index (χ4v) is 4.44. The molecule has 2 aliphatic heterocycles. The summed E-state index contributed by atoms with van der Waals surface area (Å²) >= 11 is 12.2. The highest BCUT2D eigenvalue weighted by Crippen LogP contribution is 2.46. The van der Waals surface area contributed by atoms with Crippen LogP contribution in [0.3, 0.4) is 0 Å². The Hall–Kier alpha value is -2.00. The summed E-state index contributed by atoms with van der Waals surface area (Å²) in [5.41, 5.74) is 4.38. The summed E-state index contributed by atoms with van der Waals surface area (Å²) < 4.78 is 0. The molecule has 3 heterocycles. The smallest absolute Gasteiger partial charge is 0.152 e. The number of nitrogens with zero attached hydrogens (tertiary/aromatic N) is 3. The van der Waals surface area contributed by atoms with Crippen LogP contribution in [0.25, 0.3) is 0 Å². The maximum atomic E-state index is 9.72. The van der Waals surface area contributed by atoms with E-state index in [0.29, 0.717) is 33.4 Å². The van der Waals surface area contributed by atoms with Gasteiger partial charge in [-0.05, 0) is 43.1 Å². The summed E-state index contributed by atoms with van der Waals surface area (Å²) in [6.45, 7) is 1.97. The molecule has 2 aliphatic rings. The number of pyridine rings is 1. The first-order valence-electron chi connectivity index (χ1n) is 8.68. The van der Waals surface area contributed by atoms with Crippen LogP contribution in [0.4, 0.5) is 17.1 Å². The Morgan fingerprint density at radius 2 is 2.19 bits per heavy atom. The molecule has 5 nitrogen and oxygen atoms in total. The lowest BCUT2D eigenvalue weighted by Crippen LogP contribution is -2.32. The maximum Gasteiger partial charge on any atom is 0.152 e. The molecule has 0 bridgehead atoms. The van der Waals surface area contributed by atoms with Gasteiger partial charge in [-0.2, -0.15) is 5.26 Å². The lowest BCUT2D eigenvalue weighted by atomic mass is 9.92. The molecule has 1 fully saturated rings. The third kappa shape index (κ3) is 2.99. The largest absolute Gasteiger partial charge is 0.370 e. The van der Waals surface area contributed by atoms with Gasteiger partial charge in [0.1, 0.15) is 6.07 Å². The fourth-order valence-electron chi connectivity index (χ4n) is 4.13. The first kappa shape index (κ1) is 17.4. The van der Waals surface area contributed by atoms with Crippen molar-refractivity contribution < 1.29 is 0 Å². The van der Waals surface area contributed by atoms with Crippen molar-refractivity contribution in [3.63, 3.8) is 0 Å². The van der Waals surface area contributed by atoms with E-state index in [1.54, 1.807) is 6.07 Å². The van der Waals surface area contributed by atoms with E-state index in [1.165, 1.54) is 11.8 Å². The Kier molecular flexibility index (Phi) is 4.66. The van der Waals surface area contributed by atoms with Gasteiger partial charge in [0.05, 0.1) is 22.0 Å². The first-order valence-corrected chi connectivity index (χ1v) is 9.43. The predicted octanol–water partition coefficient (Wildman–Crippen LogP) is 4.29. The van der Waals surface area contributed by atoms with Gasteiger partial charge in [0, 0.05) is 37.4 Å². The fraction of sp³-hybridized carbons (Fsp3) is 0.368. The van der Waals surface area contributed by atoms with Crippen LogP contribution in [-0.2, 0) is 0 Å². The third-order valence-electron chi connectivity index (χ3n) is 5.28. The Labute approximate surface area is 162 Å². The molecule has 0 radical (unpaired) electrons. The Morgan fingerprint density at radius 3 is 3.00 bits per heavy atom. The summed E-state index contributed by atoms with van der Waals surface area (Å²) in [7, 11) is 2.10. The van der Waals surface area contributed by atoms with E-state index in [9.17, 15) is 5.26 Å². The SMILES string of the molecule is CN1c2c(C#N)cc(Nc3cc(Cl)cnc3Cl)cc2C2CNCCCC21. The quantitative estimate of drug-likeness (QED) is 0.752. The van der Waals surface area contributed by atoms with Crippen molar-refractivity contribution in [1.29, 1.82) is 5.26 Å². The minimum Gasteiger partial charge on any atom is -0.370 e. The lowest BCUT2D eigenvalue weighted by Gasteiger charge is -2.25. The molecule has 0 saturated carbocycles. The highest BCUT2D eigenvalue weighted by Gasteiger charge is 2.38. The van der Waals surface area contributed by atoms with Gasteiger partial charge in [0.25, 0.3) is 0 Å². The number of halogens is 2. The van der Waals surface area contributed by atoms with Crippen molar-refractivity contribution in [2.24, 2.45) is 0 Å². The van der Waals surface area contributed by atoms with Crippen molar-refractivity contribution in [2.75, 3.05) is 30.4 Å². The Balaban J connectivity index is 1.77. The van der Waals surface area contributed by atoms with Crippen LogP contribution in [0, 0.1) is 11.3 Å². The van der Waals surface area contributed by atoms with Gasteiger partial charge in [-0.15, -0.1) is 0 Å². The molecule has 4 rings (SSSR count). The summed E-state index contributed by atoms with van der Waals surface area (Å²) in [6, 6.07) is 8.52. The van der Waals surface area contributed by atoms with E-state index in [0.717, 1.165) is 37.3 Å². The zero-order chi connectivity index (χ0) is 18.3. The van der Waals surface area contributed by atoms with E-state index in [1.807, 2.05) is 6.07 Å². The minimum atomic E-state index is 0.347. The standard InChI is InChI=1S/C19H19Cl2N5/c1-26-17-3-2-4-23-10-15(17)14-7-13(5-11(8-22)18(14)26)25-16-6-12(20)9-24-19(16)21/h5-7,9,15,17,23,25H,2-4,10H2,1H3. The van der Waals surface area contributed by atoms with Gasteiger partial charge in [-0.25, -0.2) is 4.98 Å². The molecule has 2 N–H and O–H groups in total. The monoisotopic (exact) mass is 387 g/mol. The summed E-state index contributed by atoms with van der Waals surface area (Å²) in [5, 5.41) is 17.4. The maximum absolute atomic E-state index is 9.72. The van der Waals surface area contributed by atoms with Crippen molar-refractivity contribution >= 4 is 40.3 Å². The summed E-state index contributed by atoms with van der Waals surface area (Å²) in [5.74, 6) is 0.374. The molecule has 0 spiro atoms. The third-order valence-corrected chi connectivity index (χ3v) is 5.78. The van der Waals surface area contributed by atoms with Gasteiger partial charge >= 0.3 is 0 Å². The number of likely N-dealkylation sites (N-methyl/N-ethyl adjacent to an activating group) is 1. The van der Waals surface area contributed by atoms with Crippen LogP contribution >= 0.6 is 23.2 Å². The average molecular weight is 388 g/mol. The molecule has 26 heavy (non-hydrogen) atoms. The second-order valence-corrected chi connectivity index (χ2v) is 7.62. The number of aromatic nitrogens is 1. The van der Waals surface area contributed by atoms with Gasteiger partial charge in [-0.1, -0.05) is 23.2 Å². The first-order chi connectivity index (χ1) is 12.6. The molecule has 0 amide bonds. The van der Waals surface area contributed by atoms with Gasteiger partial charge in [0.15, 0.2) is 5.15 Å². The topological polar surface area (TPSA) is 64.0 Å². The van der Waals surface area contributed by atoms with Crippen LogP contribution in [0.1, 0.15) is 29.9 Å². The summed E-state index contributed by atoms with van der Waals surface area (Å²) in [6.07, 6.45) is 3.78. The van der Waals surface area contributed by atoms with Gasteiger partial charge < -0.3 is 15.5 Å². The number of anilines is 3. The highest BCUT2D eigenvalue weighted by molar-refractivity contribution is 6.34. The van der Waals surface area contributed by atoms with Crippen molar-refractivity contribution in [2.45, 2.75) is 24.8 Å². The number of hydrogen-bond donors (Lipinski definition) is 2. The van der Waals surface area contributed by atoms with E-state index >= 15 is 0 Å². The average Bonchev–Trinajstić information content (AvgIpc) is 2.80. The number of rotatable bonds is 2. The molecule has 0 aliphatic carbocycles. The van der Waals surface area contributed by atoms with E-state index in [4.69, 9.17) is 23.2 Å². The predicted molar refractivity (Wildman–Crippen MR) is 106 cm³/mol. The number of benzene rings is 1. The molecule has 1 aromatic heterocycles. The Bertz CT molecular complexity index is 892. The second kappa shape index (κ2) is 6.96. The van der Waals surface area contributed by atoms with Crippen LogP contribution in [0.15, 0.2) is 24.4 Å². The van der Waals surface area contributed by atoms with Crippen molar-refractivity contribution in [3.8, 4) is 6.07 Å². The molecule has 1 aromatic carbocycles. The van der Waals surface area contributed by atoms with Crippen LogP contribution < -0.4 is 15.5 Å².